The Morgan fingerprint density at radius 3 is 2.78 bits per heavy atom. The van der Waals surface area contributed by atoms with Crippen LogP contribution in [0.5, 0.6) is 11.5 Å². The fourth-order valence-corrected chi connectivity index (χ4v) is 4.35. The lowest BCUT2D eigenvalue weighted by atomic mass is 9.77. The van der Waals surface area contributed by atoms with Crippen LogP contribution in [0.1, 0.15) is 19.4 Å². The van der Waals surface area contributed by atoms with Crippen molar-refractivity contribution >= 4 is 28.5 Å². The molecular formula is C22H21N3O2. The van der Waals surface area contributed by atoms with E-state index in [9.17, 15) is 0 Å². The first-order valence-electron chi connectivity index (χ1n) is 9.02. The van der Waals surface area contributed by atoms with Crippen LogP contribution in [-0.2, 0) is 5.41 Å². The summed E-state index contributed by atoms with van der Waals surface area (Å²) in [4.78, 5) is 11.5. The second-order valence-electron chi connectivity index (χ2n) is 7.61. The third kappa shape index (κ3) is 1.94. The van der Waals surface area contributed by atoms with E-state index in [1.165, 1.54) is 5.56 Å². The highest BCUT2D eigenvalue weighted by molar-refractivity contribution is 5.98. The van der Waals surface area contributed by atoms with Crippen molar-refractivity contribution in [2.75, 3.05) is 19.1 Å². The highest BCUT2D eigenvalue weighted by atomic mass is 16.5. The minimum absolute atomic E-state index is 0.323. The Morgan fingerprint density at radius 2 is 1.96 bits per heavy atom. The molecular weight excluding hydrogens is 338 g/mol. The van der Waals surface area contributed by atoms with Gasteiger partial charge in [0.05, 0.1) is 24.3 Å². The first kappa shape index (κ1) is 16.1. The molecule has 0 amide bonds. The van der Waals surface area contributed by atoms with Crippen LogP contribution < -0.4 is 14.4 Å². The monoisotopic (exact) mass is 359 g/mol. The number of benzene rings is 2. The van der Waals surface area contributed by atoms with Crippen molar-refractivity contribution in [3.05, 3.63) is 54.2 Å². The van der Waals surface area contributed by atoms with Crippen molar-refractivity contribution in [3.63, 3.8) is 0 Å². The Morgan fingerprint density at radius 1 is 1.11 bits per heavy atom. The second-order valence-corrected chi connectivity index (χ2v) is 7.61. The summed E-state index contributed by atoms with van der Waals surface area (Å²) in [5.74, 6) is 1.62. The number of nitrogens with zero attached hydrogens (tertiary/aromatic N) is 3. The Hall–Kier alpha value is -3.08. The molecule has 5 heteroatoms. The molecule has 0 radical (unpaired) electrons. The summed E-state index contributed by atoms with van der Waals surface area (Å²) in [7, 11) is 3.75. The van der Waals surface area contributed by atoms with Gasteiger partial charge in [-0.15, -0.1) is 0 Å². The highest BCUT2D eigenvalue weighted by Crippen LogP contribution is 2.54. The van der Waals surface area contributed by atoms with Gasteiger partial charge in [-0.1, -0.05) is 0 Å². The smallest absolute Gasteiger partial charge is 0.228 e. The van der Waals surface area contributed by atoms with E-state index in [2.05, 4.69) is 42.9 Å². The lowest BCUT2D eigenvalue weighted by Crippen LogP contribution is -2.61. The predicted molar refractivity (Wildman–Crippen MR) is 108 cm³/mol. The van der Waals surface area contributed by atoms with Gasteiger partial charge in [-0.2, -0.15) is 0 Å². The summed E-state index contributed by atoms with van der Waals surface area (Å²) >= 11 is 0. The molecule has 0 fully saturated rings. The second kappa shape index (κ2) is 5.22. The number of methoxy groups -OCH3 is 1. The molecule has 0 saturated carbocycles. The zero-order valence-corrected chi connectivity index (χ0v) is 15.9. The SMILES string of the molecule is COc1ccc2c(c1)C(C)(C)C1(C=Nc3c(ccc4ncccc34)O1)N2C. The molecule has 1 unspecified atom stereocenters. The molecule has 1 spiro atoms. The number of anilines is 1. The first-order chi connectivity index (χ1) is 13.0. The van der Waals surface area contributed by atoms with Crippen molar-refractivity contribution in [2.24, 2.45) is 4.99 Å². The predicted octanol–water partition coefficient (Wildman–Crippen LogP) is 4.46. The van der Waals surface area contributed by atoms with Crippen LogP contribution in [0.3, 0.4) is 0 Å². The summed E-state index contributed by atoms with van der Waals surface area (Å²) in [5.41, 5.74) is 3.03. The van der Waals surface area contributed by atoms with Gasteiger partial charge in [0.2, 0.25) is 5.72 Å². The van der Waals surface area contributed by atoms with Crippen molar-refractivity contribution in [1.82, 2.24) is 4.98 Å². The lowest BCUT2D eigenvalue weighted by molar-refractivity contribution is 0.0826. The van der Waals surface area contributed by atoms with Crippen molar-refractivity contribution in [1.29, 1.82) is 0 Å². The topological polar surface area (TPSA) is 47.0 Å². The maximum atomic E-state index is 6.68. The van der Waals surface area contributed by atoms with Gasteiger partial charge in [-0.25, -0.2) is 0 Å². The molecule has 5 nitrogen and oxygen atoms in total. The third-order valence-corrected chi connectivity index (χ3v) is 5.99. The van der Waals surface area contributed by atoms with E-state index in [0.717, 1.165) is 33.8 Å². The van der Waals surface area contributed by atoms with Crippen LogP contribution in [0.25, 0.3) is 10.9 Å². The Balaban J connectivity index is 1.69. The molecule has 2 aliphatic rings. The quantitative estimate of drug-likeness (QED) is 0.643. The Bertz CT molecular complexity index is 1110. The number of fused-ring (bicyclic) bond motifs is 4. The normalized spacial score (nSPS) is 21.9. The number of hydrogen-bond acceptors (Lipinski definition) is 5. The zero-order chi connectivity index (χ0) is 18.8. The molecule has 0 saturated heterocycles. The molecule has 3 aromatic rings. The Kier molecular flexibility index (Phi) is 3.12. The van der Waals surface area contributed by atoms with Crippen LogP contribution in [0, 0.1) is 0 Å². The molecule has 0 aliphatic carbocycles. The van der Waals surface area contributed by atoms with Gasteiger partial charge in [0.15, 0.2) is 0 Å². The number of aromatic nitrogens is 1. The van der Waals surface area contributed by atoms with Gasteiger partial charge in [0.1, 0.15) is 17.2 Å². The van der Waals surface area contributed by atoms with E-state index in [1.807, 2.05) is 36.5 Å². The van der Waals surface area contributed by atoms with Gasteiger partial charge < -0.3 is 14.4 Å². The van der Waals surface area contributed by atoms with Gasteiger partial charge >= 0.3 is 0 Å². The summed E-state index contributed by atoms with van der Waals surface area (Å²) in [6.07, 6.45) is 3.73. The average molecular weight is 359 g/mol. The van der Waals surface area contributed by atoms with E-state index in [0.29, 0.717) is 0 Å². The molecule has 3 heterocycles. The van der Waals surface area contributed by atoms with Gasteiger partial charge in [-0.3, -0.25) is 9.98 Å². The maximum absolute atomic E-state index is 6.68. The number of aliphatic imine (C=N–C) groups is 1. The number of pyridine rings is 1. The van der Waals surface area contributed by atoms with E-state index >= 15 is 0 Å². The fraction of sp³-hybridized carbons (Fsp3) is 0.273. The Labute approximate surface area is 158 Å². The molecule has 1 aromatic heterocycles. The lowest BCUT2D eigenvalue weighted by Gasteiger charge is -2.44. The van der Waals surface area contributed by atoms with Crippen molar-refractivity contribution in [3.8, 4) is 11.5 Å². The molecule has 0 N–H and O–H groups in total. The molecule has 5 rings (SSSR count). The highest BCUT2D eigenvalue weighted by Gasteiger charge is 2.58. The van der Waals surface area contributed by atoms with E-state index in [4.69, 9.17) is 14.5 Å². The van der Waals surface area contributed by atoms with E-state index < -0.39 is 5.72 Å². The minimum atomic E-state index is -0.704. The molecule has 136 valence electrons. The van der Waals surface area contributed by atoms with Crippen molar-refractivity contribution in [2.45, 2.75) is 25.0 Å². The number of ether oxygens (including phenoxy) is 2. The van der Waals surface area contributed by atoms with Crippen LogP contribution in [0.2, 0.25) is 0 Å². The molecule has 27 heavy (non-hydrogen) atoms. The van der Waals surface area contributed by atoms with E-state index in [1.54, 1.807) is 13.3 Å². The third-order valence-electron chi connectivity index (χ3n) is 5.99. The van der Waals surface area contributed by atoms with Gasteiger partial charge in [0, 0.05) is 24.3 Å². The summed E-state index contributed by atoms with van der Waals surface area (Å²) in [6.45, 7) is 4.38. The minimum Gasteiger partial charge on any atom is -0.497 e. The van der Waals surface area contributed by atoms with Crippen LogP contribution in [0.15, 0.2) is 53.7 Å². The molecule has 1 atom stereocenters. The maximum Gasteiger partial charge on any atom is 0.228 e. The summed E-state index contributed by atoms with van der Waals surface area (Å²) in [6, 6.07) is 14.1. The van der Waals surface area contributed by atoms with Crippen LogP contribution in [-0.4, -0.2) is 31.1 Å². The first-order valence-corrected chi connectivity index (χ1v) is 9.02. The molecule has 2 aliphatic heterocycles. The number of rotatable bonds is 1. The summed E-state index contributed by atoms with van der Waals surface area (Å²) < 4.78 is 12.1. The molecule has 0 bridgehead atoms. The molecule has 2 aromatic carbocycles. The number of hydrogen-bond donors (Lipinski definition) is 0. The number of likely N-dealkylation sites (N-methyl/N-ethyl adjacent to an activating group) is 1. The summed E-state index contributed by atoms with van der Waals surface area (Å²) in [5, 5.41) is 0.999. The largest absolute Gasteiger partial charge is 0.497 e. The van der Waals surface area contributed by atoms with Gasteiger partial charge in [0.25, 0.3) is 0 Å². The standard InChI is InChI=1S/C22H21N3O2/c1-21(2)16-12-14(26-4)7-9-18(16)25(3)22(21)13-24-20-15-6-5-11-23-17(15)8-10-19(20)27-22/h5-13H,1-4H3. The van der Waals surface area contributed by atoms with Crippen LogP contribution >= 0.6 is 0 Å². The zero-order valence-electron chi connectivity index (χ0n) is 15.9. The fourth-order valence-electron chi connectivity index (χ4n) is 4.35. The van der Waals surface area contributed by atoms with E-state index in [-0.39, 0.29) is 5.41 Å². The average Bonchev–Trinajstić information content (AvgIpc) is 2.86. The van der Waals surface area contributed by atoms with Crippen LogP contribution in [0.4, 0.5) is 11.4 Å². The van der Waals surface area contributed by atoms with Gasteiger partial charge in [-0.05, 0) is 61.9 Å². The van der Waals surface area contributed by atoms with Crippen molar-refractivity contribution < 1.29 is 9.47 Å².